The summed E-state index contributed by atoms with van der Waals surface area (Å²) >= 11 is 1.54. The zero-order valence-electron chi connectivity index (χ0n) is 18.7. The van der Waals surface area contributed by atoms with Gasteiger partial charge in [-0.1, -0.05) is 67.8 Å². The van der Waals surface area contributed by atoms with Crippen LogP contribution in [0.4, 0.5) is 0 Å². The third kappa shape index (κ3) is 7.13. The molecule has 0 saturated heterocycles. The molecule has 0 radical (unpaired) electrons. The van der Waals surface area contributed by atoms with Crippen molar-refractivity contribution in [3.8, 4) is 0 Å². The minimum atomic E-state index is -0.421. The monoisotopic (exact) mass is 438 g/mol. The van der Waals surface area contributed by atoms with Gasteiger partial charge in [-0.05, 0) is 50.3 Å². The first-order valence-corrected chi connectivity index (χ1v) is 12.4. The molecule has 2 amide bonds. The molecular weight excluding hydrogens is 404 g/mol. The van der Waals surface area contributed by atoms with Crippen LogP contribution >= 0.6 is 11.8 Å². The van der Waals surface area contributed by atoms with Crippen molar-refractivity contribution in [1.29, 1.82) is 0 Å². The van der Waals surface area contributed by atoms with Gasteiger partial charge in [-0.3, -0.25) is 9.59 Å². The fourth-order valence-electron chi connectivity index (χ4n) is 4.13. The summed E-state index contributed by atoms with van der Waals surface area (Å²) < 4.78 is 0. The van der Waals surface area contributed by atoms with E-state index in [0.717, 1.165) is 24.2 Å². The van der Waals surface area contributed by atoms with Gasteiger partial charge in [0.2, 0.25) is 11.8 Å². The quantitative estimate of drug-likeness (QED) is 0.531. The van der Waals surface area contributed by atoms with Crippen molar-refractivity contribution in [3.63, 3.8) is 0 Å². The average molecular weight is 439 g/mol. The van der Waals surface area contributed by atoms with Crippen molar-refractivity contribution < 1.29 is 9.59 Å². The third-order valence-electron chi connectivity index (χ3n) is 5.95. The van der Waals surface area contributed by atoms with Gasteiger partial charge >= 0.3 is 0 Å². The van der Waals surface area contributed by atoms with Crippen LogP contribution in [-0.4, -0.2) is 41.1 Å². The Morgan fingerprint density at radius 3 is 2.39 bits per heavy atom. The maximum absolute atomic E-state index is 13.3. The molecule has 0 spiro atoms. The van der Waals surface area contributed by atoms with Crippen LogP contribution in [0, 0.1) is 6.92 Å². The molecule has 31 heavy (non-hydrogen) atoms. The average Bonchev–Trinajstić information content (AvgIpc) is 3.29. The van der Waals surface area contributed by atoms with E-state index in [1.165, 1.54) is 35.7 Å². The highest BCUT2D eigenvalue weighted by atomic mass is 32.2. The van der Waals surface area contributed by atoms with Gasteiger partial charge in [0.1, 0.15) is 6.04 Å². The molecule has 4 nitrogen and oxygen atoms in total. The highest BCUT2D eigenvalue weighted by Gasteiger charge is 2.30. The van der Waals surface area contributed by atoms with Crippen LogP contribution in [0.25, 0.3) is 0 Å². The predicted molar refractivity (Wildman–Crippen MR) is 128 cm³/mol. The molecule has 3 rings (SSSR count). The third-order valence-corrected chi connectivity index (χ3v) is 6.95. The molecule has 1 fully saturated rings. The van der Waals surface area contributed by atoms with Crippen molar-refractivity contribution in [3.05, 3.63) is 65.7 Å². The Morgan fingerprint density at radius 1 is 1.06 bits per heavy atom. The Balaban J connectivity index is 1.68. The normalized spacial score (nSPS) is 14.9. The summed E-state index contributed by atoms with van der Waals surface area (Å²) in [5.41, 5.74) is 2.38. The fraction of sp³-hybridized carbons (Fsp3) is 0.462. The Morgan fingerprint density at radius 2 is 1.74 bits per heavy atom. The highest BCUT2D eigenvalue weighted by Crippen LogP contribution is 2.21. The summed E-state index contributed by atoms with van der Waals surface area (Å²) in [5, 5.41) is 3.20. The van der Waals surface area contributed by atoms with Crippen LogP contribution in [0.1, 0.15) is 50.2 Å². The minimum Gasteiger partial charge on any atom is -0.352 e. The van der Waals surface area contributed by atoms with E-state index in [-0.39, 0.29) is 17.9 Å². The lowest BCUT2D eigenvalue weighted by molar-refractivity contribution is -0.139. The van der Waals surface area contributed by atoms with Crippen LogP contribution in [0.5, 0.6) is 0 Å². The largest absolute Gasteiger partial charge is 0.352 e. The lowest BCUT2D eigenvalue weighted by Gasteiger charge is -2.31. The molecule has 1 aliphatic rings. The molecule has 1 aliphatic carbocycles. The van der Waals surface area contributed by atoms with E-state index in [1.54, 1.807) is 4.90 Å². The number of nitrogens with zero attached hydrogens (tertiary/aromatic N) is 1. The summed E-state index contributed by atoms with van der Waals surface area (Å²) in [6.07, 6.45) is 5.80. The van der Waals surface area contributed by atoms with Crippen molar-refractivity contribution >= 4 is 23.6 Å². The van der Waals surface area contributed by atoms with Gasteiger partial charge < -0.3 is 10.2 Å². The molecule has 2 aromatic carbocycles. The molecule has 5 heteroatoms. The molecule has 0 aliphatic heterocycles. The van der Waals surface area contributed by atoms with E-state index >= 15 is 0 Å². The van der Waals surface area contributed by atoms with Crippen molar-refractivity contribution in [2.45, 2.75) is 69.4 Å². The van der Waals surface area contributed by atoms with Gasteiger partial charge in [0.15, 0.2) is 0 Å². The van der Waals surface area contributed by atoms with Gasteiger partial charge in [0.25, 0.3) is 0 Å². The predicted octanol–water partition coefficient (Wildman–Crippen LogP) is 5.00. The molecule has 0 bridgehead atoms. The standard InChI is InChI=1S/C26H34N2O2S/c1-3-24(26(30)27-22-11-7-8-12-22)28(18-17-21-9-5-4-6-10-21)25(29)19-31-23-15-13-20(2)14-16-23/h4-6,9-10,13-16,22,24H,3,7-8,11-12,17-19H2,1-2H3,(H,27,30)/t24-/m0/s1. The first kappa shape index (κ1) is 23.4. The summed E-state index contributed by atoms with van der Waals surface area (Å²) in [7, 11) is 0. The Kier molecular flexibility index (Phi) is 9.01. The van der Waals surface area contributed by atoms with Gasteiger partial charge in [-0.15, -0.1) is 11.8 Å². The number of rotatable bonds is 10. The second kappa shape index (κ2) is 11.9. The van der Waals surface area contributed by atoms with Crippen molar-refractivity contribution in [2.24, 2.45) is 0 Å². The molecule has 1 atom stereocenters. The fourth-order valence-corrected chi connectivity index (χ4v) is 4.91. The van der Waals surface area contributed by atoms with Crippen molar-refractivity contribution in [1.82, 2.24) is 10.2 Å². The van der Waals surface area contributed by atoms with E-state index < -0.39 is 6.04 Å². The van der Waals surface area contributed by atoms with Crippen LogP contribution < -0.4 is 5.32 Å². The number of thioether (sulfide) groups is 1. The van der Waals surface area contributed by atoms with Gasteiger partial charge in [0, 0.05) is 17.5 Å². The Bertz CT molecular complexity index is 832. The topological polar surface area (TPSA) is 49.4 Å². The summed E-state index contributed by atoms with van der Waals surface area (Å²) in [6.45, 7) is 4.60. The number of carbonyl (C=O) groups excluding carboxylic acids is 2. The lowest BCUT2D eigenvalue weighted by Crippen LogP contribution is -2.52. The molecule has 1 N–H and O–H groups in total. The van der Waals surface area contributed by atoms with Gasteiger partial charge in [-0.25, -0.2) is 0 Å². The first-order valence-electron chi connectivity index (χ1n) is 11.4. The van der Waals surface area contributed by atoms with Crippen molar-refractivity contribution in [2.75, 3.05) is 12.3 Å². The van der Waals surface area contributed by atoms with Crippen LogP contribution in [0.3, 0.4) is 0 Å². The lowest BCUT2D eigenvalue weighted by atomic mass is 10.1. The zero-order chi connectivity index (χ0) is 22.1. The highest BCUT2D eigenvalue weighted by molar-refractivity contribution is 8.00. The number of hydrogen-bond donors (Lipinski definition) is 1. The number of nitrogens with one attached hydrogen (secondary N) is 1. The maximum atomic E-state index is 13.3. The molecule has 2 aromatic rings. The molecular formula is C26H34N2O2S. The summed E-state index contributed by atoms with van der Waals surface area (Å²) in [5.74, 6) is 0.358. The number of amides is 2. The van der Waals surface area contributed by atoms with Crippen LogP contribution in [0.2, 0.25) is 0 Å². The Hall–Kier alpha value is -2.27. The van der Waals surface area contributed by atoms with Crippen LogP contribution in [-0.2, 0) is 16.0 Å². The number of carbonyl (C=O) groups is 2. The summed E-state index contributed by atoms with van der Waals surface area (Å²) in [4.78, 5) is 29.2. The second-order valence-corrected chi connectivity index (χ2v) is 9.39. The van der Waals surface area contributed by atoms with Crippen LogP contribution in [0.15, 0.2) is 59.5 Å². The van der Waals surface area contributed by atoms with E-state index in [0.29, 0.717) is 18.7 Å². The maximum Gasteiger partial charge on any atom is 0.243 e. The minimum absolute atomic E-state index is 0.00357. The van der Waals surface area contributed by atoms with E-state index in [4.69, 9.17) is 0 Å². The van der Waals surface area contributed by atoms with Gasteiger partial charge in [-0.2, -0.15) is 0 Å². The Labute approximate surface area is 190 Å². The van der Waals surface area contributed by atoms with E-state index in [2.05, 4.69) is 36.5 Å². The van der Waals surface area contributed by atoms with E-state index in [1.807, 2.05) is 37.3 Å². The second-order valence-electron chi connectivity index (χ2n) is 8.34. The molecule has 0 heterocycles. The van der Waals surface area contributed by atoms with E-state index in [9.17, 15) is 9.59 Å². The first-order chi connectivity index (χ1) is 15.1. The van der Waals surface area contributed by atoms with Gasteiger partial charge in [0.05, 0.1) is 5.75 Å². The summed E-state index contributed by atoms with van der Waals surface area (Å²) in [6, 6.07) is 18.2. The number of benzene rings is 2. The SMILES string of the molecule is CC[C@@H](C(=O)NC1CCCC1)N(CCc1ccccc1)C(=O)CSc1ccc(C)cc1. The molecule has 0 aromatic heterocycles. The smallest absolute Gasteiger partial charge is 0.243 e. The number of aryl methyl sites for hydroxylation is 1. The zero-order valence-corrected chi connectivity index (χ0v) is 19.5. The molecule has 166 valence electrons. The number of hydrogen-bond acceptors (Lipinski definition) is 3. The molecule has 1 saturated carbocycles. The molecule has 0 unspecified atom stereocenters.